The summed E-state index contributed by atoms with van der Waals surface area (Å²) >= 11 is 1.57. The van der Waals surface area contributed by atoms with E-state index in [1.54, 1.807) is 45.4 Å². The molecule has 3 aromatic carbocycles. The third-order valence-electron chi connectivity index (χ3n) is 15.0. The normalized spacial score (nSPS) is 16.0. The predicted octanol–water partition coefficient (Wildman–Crippen LogP) is 7.76. The quantitative estimate of drug-likeness (QED) is 0.0338. The number of nitrogens with zero attached hydrogens (tertiary/aromatic N) is 5. The summed E-state index contributed by atoms with van der Waals surface area (Å²) in [5.41, 5.74) is 5.06. The molecule has 7 rings (SSSR count). The number of aliphatic hydroxyl groups excluding tert-OH is 1. The molecule has 4 heterocycles. The lowest BCUT2D eigenvalue weighted by Gasteiger charge is -2.35. The third kappa shape index (κ3) is 17.1. The van der Waals surface area contributed by atoms with Crippen LogP contribution in [0.2, 0.25) is 0 Å². The first kappa shape index (κ1) is 59.8. The highest BCUT2D eigenvalue weighted by Gasteiger charge is 2.44. The molecule has 2 aliphatic rings. The first-order valence-corrected chi connectivity index (χ1v) is 29.0. The lowest BCUT2D eigenvalue weighted by molar-refractivity contribution is -0.144. The summed E-state index contributed by atoms with van der Waals surface area (Å²) in [5, 5.41) is 27.4. The van der Waals surface area contributed by atoms with Crippen molar-refractivity contribution in [2.75, 3.05) is 39.3 Å². The highest BCUT2D eigenvalue weighted by Crippen LogP contribution is 2.29. The molecule has 0 unspecified atom stereocenters. The number of piperazine rings is 1. The van der Waals surface area contributed by atoms with Crippen LogP contribution < -0.4 is 21.5 Å². The van der Waals surface area contributed by atoms with Gasteiger partial charge in [-0.1, -0.05) is 114 Å². The first-order valence-electron chi connectivity index (χ1n) is 28.1. The van der Waals surface area contributed by atoms with E-state index in [4.69, 9.17) is 0 Å². The lowest BCUT2D eigenvalue weighted by Crippen LogP contribution is -2.57. The first-order chi connectivity index (χ1) is 38.0. The number of nitrogens with one attached hydrogen (secondary N) is 4. The van der Waals surface area contributed by atoms with Crippen LogP contribution in [-0.2, 0) is 36.9 Å². The highest BCUT2D eigenvalue weighted by atomic mass is 32.1. The molecule has 0 aliphatic carbocycles. The van der Waals surface area contributed by atoms with E-state index in [2.05, 4.69) is 31.1 Å². The van der Waals surface area contributed by atoms with E-state index in [0.717, 1.165) is 85.9 Å². The van der Waals surface area contributed by atoms with Crippen molar-refractivity contribution in [3.05, 3.63) is 116 Å². The minimum atomic E-state index is -0.899. The number of hydrogen-bond donors (Lipinski definition) is 5. The van der Waals surface area contributed by atoms with Gasteiger partial charge in [-0.15, -0.1) is 11.3 Å². The molecule has 0 bridgehead atoms. The van der Waals surface area contributed by atoms with E-state index in [0.29, 0.717) is 80.4 Å². The highest BCUT2D eigenvalue weighted by molar-refractivity contribution is 7.13. The molecule has 19 heteroatoms. The number of fused-ring (bicyclic) bond motifs is 1. The van der Waals surface area contributed by atoms with Crippen LogP contribution in [-0.4, -0.2) is 128 Å². The summed E-state index contributed by atoms with van der Waals surface area (Å²) in [4.78, 5) is 102. The largest absolute Gasteiger partial charge is 0.391 e. The summed E-state index contributed by atoms with van der Waals surface area (Å²) in [6, 6.07) is 17.7. The van der Waals surface area contributed by atoms with E-state index in [1.165, 1.54) is 11.0 Å². The Hall–Kier alpha value is -6.86. The number of unbranched alkanes of at least 4 members (excludes halogenated alkanes) is 9. The number of β-amino-alcohol motifs (C(OH)–C–C–N with tert-alkyl or cyclic N) is 1. The van der Waals surface area contributed by atoms with Crippen LogP contribution in [0.25, 0.3) is 21.2 Å². The van der Waals surface area contributed by atoms with Crippen LogP contribution in [0.4, 0.5) is 4.39 Å². The van der Waals surface area contributed by atoms with Gasteiger partial charge in [-0.05, 0) is 72.9 Å². The van der Waals surface area contributed by atoms with Crippen molar-refractivity contribution in [1.82, 2.24) is 45.8 Å². The van der Waals surface area contributed by atoms with Gasteiger partial charge in [-0.25, -0.2) is 14.5 Å². The lowest BCUT2D eigenvalue weighted by atomic mass is 9.85. The van der Waals surface area contributed by atoms with Gasteiger partial charge in [0, 0.05) is 83.3 Å². The fraction of sp³-hybridized carbons (Fsp3) is 0.517. The maximum Gasteiger partial charge on any atom is 0.272 e. The van der Waals surface area contributed by atoms with Crippen molar-refractivity contribution in [1.29, 1.82) is 0 Å². The minimum absolute atomic E-state index is 0.00273. The Balaban J connectivity index is 0.689. The molecule has 79 heavy (non-hydrogen) atoms. The molecule has 0 saturated carbocycles. The van der Waals surface area contributed by atoms with Gasteiger partial charge in [0.25, 0.3) is 11.5 Å². The summed E-state index contributed by atoms with van der Waals surface area (Å²) in [7, 11) is 0. The molecular weight excluding hydrogens is 1030 g/mol. The van der Waals surface area contributed by atoms with E-state index in [-0.39, 0.29) is 60.7 Å². The van der Waals surface area contributed by atoms with Crippen LogP contribution in [0.3, 0.4) is 0 Å². The van der Waals surface area contributed by atoms with E-state index in [9.17, 15) is 43.1 Å². The Morgan fingerprint density at radius 2 is 1.39 bits per heavy atom. The molecule has 2 fully saturated rings. The predicted molar refractivity (Wildman–Crippen MR) is 303 cm³/mol. The second kappa shape index (κ2) is 28.9. The van der Waals surface area contributed by atoms with Crippen molar-refractivity contribution in [2.45, 2.75) is 155 Å². The van der Waals surface area contributed by atoms with E-state index in [1.807, 2.05) is 69.6 Å². The molecule has 2 aliphatic heterocycles. The van der Waals surface area contributed by atoms with Gasteiger partial charge in [0.05, 0.1) is 38.8 Å². The molecule has 5 N–H and O–H groups in total. The van der Waals surface area contributed by atoms with Crippen molar-refractivity contribution in [2.24, 2.45) is 5.41 Å². The fourth-order valence-corrected chi connectivity index (χ4v) is 11.2. The number of rotatable bonds is 26. The smallest absolute Gasteiger partial charge is 0.272 e. The number of carbonyl (C=O) groups excluding carboxylic acids is 6. The van der Waals surface area contributed by atoms with Gasteiger partial charge in [0.2, 0.25) is 29.5 Å². The number of likely N-dealkylation sites (tertiary alicyclic amines) is 1. The average molecular weight is 1100 g/mol. The number of aliphatic hydroxyl groups is 1. The van der Waals surface area contributed by atoms with Crippen LogP contribution in [0, 0.1) is 18.2 Å². The summed E-state index contributed by atoms with van der Waals surface area (Å²) in [6.45, 7) is 9.78. The van der Waals surface area contributed by atoms with Crippen LogP contribution in [0.5, 0.6) is 0 Å². The Kier molecular flexibility index (Phi) is 21.8. The maximum absolute atomic E-state index is 15.0. The molecule has 17 nitrogen and oxygen atoms in total. The Morgan fingerprint density at radius 1 is 0.772 bits per heavy atom. The second-order valence-electron chi connectivity index (χ2n) is 22.1. The molecule has 5 aromatic rings. The van der Waals surface area contributed by atoms with Crippen molar-refractivity contribution in [3.8, 4) is 10.4 Å². The Labute approximate surface area is 466 Å². The number of carbonyl (C=O) groups is 6. The number of aromatic nitrogens is 3. The van der Waals surface area contributed by atoms with Gasteiger partial charge >= 0.3 is 0 Å². The molecule has 3 atom stereocenters. The molecule has 424 valence electrons. The van der Waals surface area contributed by atoms with E-state index < -0.39 is 41.2 Å². The molecule has 0 radical (unpaired) electrons. The SMILES string of the molecule is Cc1ncsc1-c1ccc(CNC(=O)[C@@H]2C[C@@H](O)CN2C(=O)[C@@H](NC(=O)CCCCCNC(=O)CCCCCCCCCCC(=O)N2CCN(C(=O)c3cc(Cc4n[nH]c(=O)c5ccccc45)ccc3F)CC2)C(C)(C)C)cc1. The van der Waals surface area contributed by atoms with Gasteiger partial charge in [0.1, 0.15) is 17.9 Å². The summed E-state index contributed by atoms with van der Waals surface area (Å²) < 4.78 is 15.0. The van der Waals surface area contributed by atoms with Gasteiger partial charge in [-0.3, -0.25) is 33.6 Å². The number of aryl methyl sites for hydroxylation is 1. The zero-order valence-electron chi connectivity index (χ0n) is 46.3. The van der Waals surface area contributed by atoms with Crippen molar-refractivity contribution in [3.63, 3.8) is 0 Å². The number of amides is 6. The average Bonchev–Trinajstić information content (AvgIpc) is 4.17. The second-order valence-corrected chi connectivity index (χ2v) is 23.0. The standard InChI is InChI=1S/C60H78FN9O8S/c1-40-54(79-39-64-40)43-26-23-41(24-27-43)37-63-57(76)50-36-44(71)38-70(50)59(78)55(60(2,3)4)65-52(73)21-13-11-17-29-62-51(72)20-12-9-7-5-6-8-10-14-22-53(74)68-30-32-69(33-31-68)58(77)47-34-42(25-28-48(47)61)35-49-45-18-15-16-19-46(45)56(75)67-66-49/h15-16,18-19,23-28,34,39,44,50,55,71H,5-14,17,20-22,29-33,35-38H2,1-4H3,(H,62,72)(H,63,76)(H,65,73)(H,67,75)/t44-,50+,55-/m1/s1. The topological polar surface area (TPSA) is 227 Å². The summed E-state index contributed by atoms with van der Waals surface area (Å²) in [5.74, 6) is -1.97. The number of benzene rings is 3. The zero-order valence-corrected chi connectivity index (χ0v) is 47.1. The number of aromatic amines is 1. The van der Waals surface area contributed by atoms with Crippen LogP contribution in [0.15, 0.2) is 77.0 Å². The number of hydrogen-bond acceptors (Lipinski definition) is 11. The molecule has 2 aromatic heterocycles. The Morgan fingerprint density at radius 3 is 2.06 bits per heavy atom. The summed E-state index contributed by atoms with van der Waals surface area (Å²) in [6.07, 6.45) is 10.5. The van der Waals surface area contributed by atoms with Gasteiger partial charge in [-0.2, -0.15) is 5.10 Å². The number of H-pyrrole nitrogens is 1. The van der Waals surface area contributed by atoms with Crippen LogP contribution >= 0.6 is 11.3 Å². The number of halogens is 1. The van der Waals surface area contributed by atoms with Gasteiger partial charge in [0.15, 0.2) is 0 Å². The monoisotopic (exact) mass is 1100 g/mol. The molecule has 2 saturated heterocycles. The molecular formula is C60H78FN9O8S. The zero-order chi connectivity index (χ0) is 56.5. The minimum Gasteiger partial charge on any atom is -0.391 e. The Bertz CT molecular complexity index is 2950. The van der Waals surface area contributed by atoms with Gasteiger partial charge < -0.3 is 35.8 Å². The van der Waals surface area contributed by atoms with E-state index >= 15 is 0 Å². The third-order valence-corrected chi connectivity index (χ3v) is 16.0. The maximum atomic E-state index is 15.0. The fourth-order valence-electron chi connectivity index (χ4n) is 10.4. The van der Waals surface area contributed by atoms with Crippen molar-refractivity contribution < 1.29 is 38.3 Å². The number of thiazole rings is 1. The molecule has 6 amide bonds. The molecule has 0 spiro atoms. The van der Waals surface area contributed by atoms with Crippen molar-refractivity contribution >= 4 is 57.6 Å². The van der Waals surface area contributed by atoms with Crippen LogP contribution in [0.1, 0.15) is 150 Å².